The summed E-state index contributed by atoms with van der Waals surface area (Å²) in [6.07, 6.45) is 0. The summed E-state index contributed by atoms with van der Waals surface area (Å²) in [7, 11) is 0. The molecule has 2 rings (SSSR count). The van der Waals surface area contributed by atoms with Crippen molar-refractivity contribution in [2.24, 2.45) is 0 Å². The molecule has 0 aliphatic rings. The number of Topliss-reactive ketones (excluding diaryl/α,β-unsaturated/α-hetero) is 1. The molecule has 0 radical (unpaired) electrons. The number of carbonyl (C=O) groups excluding carboxylic acids is 2. The molecule has 0 aliphatic heterocycles. The predicted molar refractivity (Wildman–Crippen MR) is 80.2 cm³/mol. The SMILES string of the molecule is CC(=O)c1cccc(NC(=O)Nc2cccc(F)c2C)c1. The van der Waals surface area contributed by atoms with Gasteiger partial charge in [-0.25, -0.2) is 9.18 Å². The Morgan fingerprint density at radius 2 is 1.76 bits per heavy atom. The van der Waals surface area contributed by atoms with E-state index in [2.05, 4.69) is 10.6 Å². The molecule has 0 bridgehead atoms. The van der Waals surface area contributed by atoms with Gasteiger partial charge in [0, 0.05) is 22.5 Å². The number of hydrogen-bond donors (Lipinski definition) is 2. The van der Waals surface area contributed by atoms with E-state index in [1.807, 2.05) is 0 Å². The van der Waals surface area contributed by atoms with Gasteiger partial charge in [-0.2, -0.15) is 0 Å². The van der Waals surface area contributed by atoms with Gasteiger partial charge in [-0.15, -0.1) is 0 Å². The fourth-order valence-electron chi connectivity index (χ4n) is 1.84. The smallest absolute Gasteiger partial charge is 0.308 e. The van der Waals surface area contributed by atoms with Crippen LogP contribution in [0.25, 0.3) is 0 Å². The molecule has 0 saturated carbocycles. The summed E-state index contributed by atoms with van der Waals surface area (Å²) in [4.78, 5) is 23.2. The summed E-state index contributed by atoms with van der Waals surface area (Å²) >= 11 is 0. The van der Waals surface area contributed by atoms with Crippen molar-refractivity contribution in [1.29, 1.82) is 0 Å². The average molecular weight is 286 g/mol. The zero-order valence-electron chi connectivity index (χ0n) is 11.7. The lowest BCUT2D eigenvalue weighted by atomic mass is 10.1. The number of ketones is 1. The molecule has 0 spiro atoms. The number of urea groups is 1. The number of amides is 2. The minimum atomic E-state index is -0.496. The molecule has 0 saturated heterocycles. The number of halogens is 1. The standard InChI is InChI=1S/C16H15FN2O2/c1-10-14(17)7-4-8-15(10)19-16(21)18-13-6-3-5-12(9-13)11(2)20/h3-9H,1-2H3,(H2,18,19,21). The van der Waals surface area contributed by atoms with Crippen LogP contribution in [-0.4, -0.2) is 11.8 Å². The molecule has 0 heterocycles. The molecule has 0 fully saturated rings. The van der Waals surface area contributed by atoms with Crippen LogP contribution in [0.3, 0.4) is 0 Å². The Bertz CT molecular complexity index is 698. The van der Waals surface area contributed by atoms with Gasteiger partial charge in [0.25, 0.3) is 0 Å². The van der Waals surface area contributed by atoms with Gasteiger partial charge in [0.05, 0.1) is 0 Å². The van der Waals surface area contributed by atoms with Crippen LogP contribution in [-0.2, 0) is 0 Å². The topological polar surface area (TPSA) is 58.2 Å². The summed E-state index contributed by atoms with van der Waals surface area (Å²) in [6, 6.07) is 10.6. The Morgan fingerprint density at radius 1 is 1.05 bits per heavy atom. The highest BCUT2D eigenvalue weighted by molar-refractivity contribution is 6.01. The Hall–Kier alpha value is -2.69. The van der Waals surface area contributed by atoms with Gasteiger partial charge in [0.2, 0.25) is 0 Å². The van der Waals surface area contributed by atoms with E-state index in [0.717, 1.165) is 0 Å². The van der Waals surface area contributed by atoms with E-state index in [4.69, 9.17) is 0 Å². The summed E-state index contributed by atoms with van der Waals surface area (Å²) in [5.74, 6) is -0.466. The number of nitrogens with one attached hydrogen (secondary N) is 2. The molecule has 2 aromatic rings. The van der Waals surface area contributed by atoms with Crippen molar-refractivity contribution in [3.05, 3.63) is 59.4 Å². The van der Waals surface area contributed by atoms with Crippen LogP contribution >= 0.6 is 0 Å². The van der Waals surface area contributed by atoms with Crippen molar-refractivity contribution >= 4 is 23.2 Å². The maximum Gasteiger partial charge on any atom is 0.323 e. The molecule has 2 aromatic carbocycles. The first-order valence-corrected chi connectivity index (χ1v) is 6.41. The molecule has 2 amide bonds. The van der Waals surface area contributed by atoms with E-state index in [-0.39, 0.29) is 11.6 Å². The fraction of sp³-hybridized carbons (Fsp3) is 0.125. The lowest BCUT2D eigenvalue weighted by Gasteiger charge is -2.10. The monoisotopic (exact) mass is 286 g/mol. The Morgan fingerprint density at radius 3 is 2.48 bits per heavy atom. The van der Waals surface area contributed by atoms with Gasteiger partial charge < -0.3 is 10.6 Å². The molecule has 2 N–H and O–H groups in total. The van der Waals surface area contributed by atoms with Gasteiger partial charge >= 0.3 is 6.03 Å². The highest BCUT2D eigenvalue weighted by Gasteiger charge is 2.08. The van der Waals surface area contributed by atoms with Crippen molar-refractivity contribution in [2.45, 2.75) is 13.8 Å². The summed E-state index contributed by atoms with van der Waals surface area (Å²) in [5, 5.41) is 5.18. The minimum absolute atomic E-state index is 0.0833. The molecule has 108 valence electrons. The van der Waals surface area contributed by atoms with Gasteiger partial charge in [-0.05, 0) is 38.1 Å². The normalized spacial score (nSPS) is 10.0. The first-order chi connectivity index (χ1) is 9.97. The first kappa shape index (κ1) is 14.7. The Kier molecular flexibility index (Phi) is 4.33. The van der Waals surface area contributed by atoms with Gasteiger partial charge in [0.15, 0.2) is 5.78 Å². The summed E-state index contributed by atoms with van der Waals surface area (Å²) in [6.45, 7) is 3.04. The predicted octanol–water partition coefficient (Wildman–Crippen LogP) is 3.98. The van der Waals surface area contributed by atoms with Crippen LogP contribution in [0.2, 0.25) is 0 Å². The quantitative estimate of drug-likeness (QED) is 0.838. The number of carbonyl (C=O) groups is 2. The Labute approximate surface area is 122 Å². The van der Waals surface area contributed by atoms with Crippen LogP contribution in [0.1, 0.15) is 22.8 Å². The van der Waals surface area contributed by atoms with Crippen LogP contribution in [0.15, 0.2) is 42.5 Å². The van der Waals surface area contributed by atoms with Crippen LogP contribution < -0.4 is 10.6 Å². The highest BCUT2D eigenvalue weighted by Crippen LogP contribution is 2.18. The van der Waals surface area contributed by atoms with E-state index in [9.17, 15) is 14.0 Å². The van der Waals surface area contributed by atoms with E-state index >= 15 is 0 Å². The molecule has 0 atom stereocenters. The number of hydrogen-bond acceptors (Lipinski definition) is 2. The third kappa shape index (κ3) is 3.66. The second-order valence-electron chi connectivity index (χ2n) is 4.63. The number of anilines is 2. The molecular weight excluding hydrogens is 271 g/mol. The molecule has 0 unspecified atom stereocenters. The average Bonchev–Trinajstić information content (AvgIpc) is 2.44. The summed E-state index contributed by atoms with van der Waals surface area (Å²) < 4.78 is 13.4. The van der Waals surface area contributed by atoms with Crippen molar-refractivity contribution in [3.8, 4) is 0 Å². The number of rotatable bonds is 3. The van der Waals surface area contributed by atoms with Crippen LogP contribution in [0.4, 0.5) is 20.6 Å². The van der Waals surface area contributed by atoms with Crippen LogP contribution in [0.5, 0.6) is 0 Å². The Balaban J connectivity index is 2.10. The van der Waals surface area contributed by atoms with Crippen molar-refractivity contribution in [3.63, 3.8) is 0 Å². The largest absolute Gasteiger partial charge is 0.323 e. The highest BCUT2D eigenvalue weighted by atomic mass is 19.1. The molecular formula is C16H15FN2O2. The molecule has 5 heteroatoms. The molecule has 0 aromatic heterocycles. The molecule has 0 aliphatic carbocycles. The number of benzene rings is 2. The van der Waals surface area contributed by atoms with Crippen molar-refractivity contribution in [1.82, 2.24) is 0 Å². The minimum Gasteiger partial charge on any atom is -0.308 e. The van der Waals surface area contributed by atoms with Gasteiger partial charge in [-0.3, -0.25) is 4.79 Å². The first-order valence-electron chi connectivity index (χ1n) is 6.41. The van der Waals surface area contributed by atoms with Crippen molar-refractivity contribution < 1.29 is 14.0 Å². The third-order valence-electron chi connectivity index (χ3n) is 3.04. The van der Waals surface area contributed by atoms with E-state index in [0.29, 0.717) is 22.5 Å². The van der Waals surface area contributed by atoms with Gasteiger partial charge in [-0.1, -0.05) is 18.2 Å². The lowest BCUT2D eigenvalue weighted by molar-refractivity contribution is 0.101. The second-order valence-corrected chi connectivity index (χ2v) is 4.63. The van der Waals surface area contributed by atoms with Crippen LogP contribution in [0, 0.1) is 12.7 Å². The fourth-order valence-corrected chi connectivity index (χ4v) is 1.84. The van der Waals surface area contributed by atoms with E-state index < -0.39 is 6.03 Å². The summed E-state index contributed by atoms with van der Waals surface area (Å²) in [5.41, 5.74) is 1.77. The van der Waals surface area contributed by atoms with E-state index in [1.165, 1.54) is 19.1 Å². The molecule has 4 nitrogen and oxygen atoms in total. The van der Waals surface area contributed by atoms with Gasteiger partial charge in [0.1, 0.15) is 5.82 Å². The zero-order valence-corrected chi connectivity index (χ0v) is 11.7. The van der Waals surface area contributed by atoms with Crippen molar-refractivity contribution in [2.75, 3.05) is 10.6 Å². The second kappa shape index (κ2) is 6.17. The zero-order chi connectivity index (χ0) is 15.4. The lowest BCUT2D eigenvalue weighted by Crippen LogP contribution is -2.20. The maximum atomic E-state index is 13.4. The maximum absolute atomic E-state index is 13.4. The molecule has 21 heavy (non-hydrogen) atoms. The third-order valence-corrected chi connectivity index (χ3v) is 3.04. The van der Waals surface area contributed by atoms with E-state index in [1.54, 1.807) is 37.3 Å².